The zero-order chi connectivity index (χ0) is 11.3. The van der Waals surface area contributed by atoms with Gasteiger partial charge in [0.05, 0.1) is 16.1 Å². The zero-order valence-electron chi connectivity index (χ0n) is 8.63. The van der Waals surface area contributed by atoms with Crippen LogP contribution in [0.5, 0.6) is 0 Å². The molecule has 2 nitrogen and oxygen atoms in total. The van der Waals surface area contributed by atoms with Crippen LogP contribution in [0.15, 0.2) is 18.2 Å². The van der Waals surface area contributed by atoms with Crippen molar-refractivity contribution >= 4 is 23.2 Å². The van der Waals surface area contributed by atoms with E-state index in [1.54, 1.807) is 18.2 Å². The van der Waals surface area contributed by atoms with Crippen LogP contribution in [0.1, 0.15) is 24.5 Å². The molecule has 1 unspecified atom stereocenters. The number of nitrogens with one attached hydrogen (secondary N) is 1. The second kappa shape index (κ2) is 6.33. The first-order valence-corrected chi connectivity index (χ1v) is 5.68. The third-order valence-corrected chi connectivity index (χ3v) is 2.97. The van der Waals surface area contributed by atoms with Crippen LogP contribution in [0.25, 0.3) is 0 Å². The highest BCUT2D eigenvalue weighted by Crippen LogP contribution is 2.27. The number of hydrogen-bond donors (Lipinski definition) is 2. The first kappa shape index (κ1) is 12.8. The summed E-state index contributed by atoms with van der Waals surface area (Å²) in [5, 5.41) is 13.9. The molecule has 0 heterocycles. The molecule has 2 N–H and O–H groups in total. The predicted octanol–water partition coefficient (Wildman–Crippen LogP) is 3.03. The van der Waals surface area contributed by atoms with Crippen molar-refractivity contribution in [1.82, 2.24) is 5.32 Å². The maximum Gasteiger partial charge on any atom is 0.0791 e. The molecule has 0 aromatic heterocycles. The molecular weight excluding hydrogens is 233 g/mol. The van der Waals surface area contributed by atoms with Crippen molar-refractivity contribution < 1.29 is 5.11 Å². The average molecular weight is 248 g/mol. The van der Waals surface area contributed by atoms with Crippen LogP contribution >= 0.6 is 23.2 Å². The molecular formula is C11H15Cl2NO. The predicted molar refractivity (Wildman–Crippen MR) is 64.6 cm³/mol. The van der Waals surface area contributed by atoms with Crippen molar-refractivity contribution in [1.29, 1.82) is 0 Å². The summed E-state index contributed by atoms with van der Waals surface area (Å²) in [5.74, 6) is 0. The van der Waals surface area contributed by atoms with Crippen molar-refractivity contribution in [2.75, 3.05) is 13.6 Å². The van der Waals surface area contributed by atoms with E-state index >= 15 is 0 Å². The quantitative estimate of drug-likeness (QED) is 0.785. The summed E-state index contributed by atoms with van der Waals surface area (Å²) >= 11 is 11.7. The van der Waals surface area contributed by atoms with Crippen LogP contribution in [0, 0.1) is 0 Å². The van der Waals surface area contributed by atoms with Gasteiger partial charge in [0.25, 0.3) is 0 Å². The number of halogens is 2. The Labute approximate surface area is 100 Å². The van der Waals surface area contributed by atoms with Gasteiger partial charge in [0.1, 0.15) is 0 Å². The van der Waals surface area contributed by atoms with E-state index in [1.807, 2.05) is 7.05 Å². The summed E-state index contributed by atoms with van der Waals surface area (Å²) in [7, 11) is 1.89. The van der Waals surface area contributed by atoms with Gasteiger partial charge in [-0.25, -0.2) is 0 Å². The van der Waals surface area contributed by atoms with Crippen molar-refractivity contribution in [2.24, 2.45) is 0 Å². The maximum absolute atomic E-state index is 9.83. The van der Waals surface area contributed by atoms with Crippen LogP contribution in [0.3, 0.4) is 0 Å². The second-order valence-electron chi connectivity index (χ2n) is 3.44. The molecule has 1 aromatic rings. The number of aliphatic hydroxyl groups excluding tert-OH is 1. The third kappa shape index (κ3) is 3.99. The van der Waals surface area contributed by atoms with Gasteiger partial charge in [0.2, 0.25) is 0 Å². The molecule has 1 rings (SSSR count). The van der Waals surface area contributed by atoms with Gasteiger partial charge < -0.3 is 10.4 Å². The first-order chi connectivity index (χ1) is 7.15. The van der Waals surface area contributed by atoms with E-state index < -0.39 is 6.10 Å². The fraction of sp³-hybridized carbons (Fsp3) is 0.455. The van der Waals surface area contributed by atoms with E-state index in [9.17, 15) is 5.11 Å². The van der Waals surface area contributed by atoms with Crippen molar-refractivity contribution in [3.63, 3.8) is 0 Å². The summed E-state index contributed by atoms with van der Waals surface area (Å²) in [6, 6.07) is 5.23. The van der Waals surface area contributed by atoms with Gasteiger partial charge in [-0.1, -0.05) is 29.3 Å². The molecule has 0 aliphatic rings. The smallest absolute Gasteiger partial charge is 0.0791 e. The number of benzene rings is 1. The van der Waals surface area contributed by atoms with Crippen molar-refractivity contribution in [3.05, 3.63) is 33.8 Å². The lowest BCUT2D eigenvalue weighted by Crippen LogP contribution is -2.09. The van der Waals surface area contributed by atoms with Crippen molar-refractivity contribution in [2.45, 2.75) is 18.9 Å². The Morgan fingerprint density at radius 2 is 2.07 bits per heavy atom. The Morgan fingerprint density at radius 1 is 1.33 bits per heavy atom. The summed E-state index contributed by atoms with van der Waals surface area (Å²) in [6.07, 6.45) is 1.18. The molecule has 1 aromatic carbocycles. The highest BCUT2D eigenvalue weighted by molar-refractivity contribution is 6.42. The standard InChI is InChI=1S/C11H15Cl2NO/c1-14-6-2-3-11(15)8-4-5-9(12)10(13)7-8/h4-5,7,11,14-15H,2-3,6H2,1H3. The van der Waals surface area contributed by atoms with Crippen LogP contribution in [-0.4, -0.2) is 18.7 Å². The van der Waals surface area contributed by atoms with E-state index in [-0.39, 0.29) is 0 Å². The number of rotatable bonds is 5. The molecule has 0 spiro atoms. The second-order valence-corrected chi connectivity index (χ2v) is 4.25. The number of hydrogen-bond acceptors (Lipinski definition) is 2. The first-order valence-electron chi connectivity index (χ1n) is 4.92. The topological polar surface area (TPSA) is 32.3 Å². The minimum Gasteiger partial charge on any atom is -0.388 e. The Balaban J connectivity index is 2.57. The molecule has 0 saturated carbocycles. The van der Waals surface area contributed by atoms with E-state index in [4.69, 9.17) is 23.2 Å². The normalized spacial score (nSPS) is 12.8. The summed E-state index contributed by atoms with van der Waals surface area (Å²) in [6.45, 7) is 0.901. The Hall–Kier alpha value is -0.280. The molecule has 0 aliphatic carbocycles. The molecule has 0 saturated heterocycles. The molecule has 0 aliphatic heterocycles. The number of aliphatic hydroxyl groups is 1. The summed E-state index contributed by atoms with van der Waals surface area (Å²) in [5.41, 5.74) is 0.820. The van der Waals surface area contributed by atoms with Crippen LogP contribution in [-0.2, 0) is 0 Å². The van der Waals surface area contributed by atoms with Crippen molar-refractivity contribution in [3.8, 4) is 0 Å². The van der Waals surface area contributed by atoms with E-state index in [0.29, 0.717) is 10.0 Å². The van der Waals surface area contributed by atoms with Crippen LogP contribution < -0.4 is 5.32 Å². The molecule has 0 fully saturated rings. The Bertz CT molecular complexity index is 317. The highest BCUT2D eigenvalue weighted by atomic mass is 35.5. The molecule has 1 atom stereocenters. The lowest BCUT2D eigenvalue weighted by molar-refractivity contribution is 0.164. The average Bonchev–Trinajstić information content (AvgIpc) is 2.22. The van der Waals surface area contributed by atoms with Crippen LogP contribution in [0.4, 0.5) is 0 Å². The van der Waals surface area contributed by atoms with Gasteiger partial charge in [0.15, 0.2) is 0 Å². The lowest BCUT2D eigenvalue weighted by atomic mass is 10.1. The lowest BCUT2D eigenvalue weighted by Gasteiger charge is -2.11. The Morgan fingerprint density at radius 3 is 2.67 bits per heavy atom. The monoisotopic (exact) mass is 247 g/mol. The summed E-state index contributed by atoms with van der Waals surface area (Å²) < 4.78 is 0. The fourth-order valence-corrected chi connectivity index (χ4v) is 1.67. The fourth-order valence-electron chi connectivity index (χ4n) is 1.36. The highest BCUT2D eigenvalue weighted by Gasteiger charge is 2.08. The third-order valence-electron chi connectivity index (χ3n) is 2.23. The van der Waals surface area contributed by atoms with Gasteiger partial charge in [-0.05, 0) is 44.1 Å². The molecule has 0 radical (unpaired) electrons. The van der Waals surface area contributed by atoms with E-state index in [0.717, 1.165) is 24.9 Å². The van der Waals surface area contributed by atoms with Crippen LogP contribution in [0.2, 0.25) is 10.0 Å². The van der Waals surface area contributed by atoms with Gasteiger partial charge in [-0.3, -0.25) is 0 Å². The van der Waals surface area contributed by atoms with Gasteiger partial charge >= 0.3 is 0 Å². The van der Waals surface area contributed by atoms with E-state index in [1.165, 1.54) is 0 Å². The molecule has 4 heteroatoms. The van der Waals surface area contributed by atoms with Gasteiger partial charge in [0, 0.05) is 0 Å². The van der Waals surface area contributed by atoms with Gasteiger partial charge in [-0.2, -0.15) is 0 Å². The van der Waals surface area contributed by atoms with E-state index in [2.05, 4.69) is 5.32 Å². The minimum absolute atomic E-state index is 0.465. The van der Waals surface area contributed by atoms with Gasteiger partial charge in [-0.15, -0.1) is 0 Å². The SMILES string of the molecule is CNCCCC(O)c1ccc(Cl)c(Cl)c1. The largest absolute Gasteiger partial charge is 0.388 e. The molecule has 84 valence electrons. The zero-order valence-corrected chi connectivity index (χ0v) is 10.1. The summed E-state index contributed by atoms with van der Waals surface area (Å²) in [4.78, 5) is 0. The molecule has 15 heavy (non-hydrogen) atoms. The maximum atomic E-state index is 9.83. The Kier molecular flexibility index (Phi) is 5.40. The minimum atomic E-state index is -0.465. The molecule has 0 amide bonds. The molecule has 0 bridgehead atoms.